The van der Waals surface area contributed by atoms with Crippen LogP contribution in [-0.4, -0.2) is 17.1 Å². The Morgan fingerprint density at radius 3 is 2.62 bits per heavy atom. The van der Waals surface area contributed by atoms with Gasteiger partial charge < -0.3 is 16.2 Å². The minimum absolute atomic E-state index is 0.153. The molecule has 2 aromatic rings. The minimum atomic E-state index is -0.773. The van der Waals surface area contributed by atoms with Gasteiger partial charge in [0.2, 0.25) is 5.91 Å². The third kappa shape index (κ3) is 4.27. The minimum Gasteiger partial charge on any atom is -0.508 e. The highest BCUT2D eigenvalue weighted by Crippen LogP contribution is 2.23. The van der Waals surface area contributed by atoms with Crippen LogP contribution in [0.4, 0.5) is 10.1 Å². The second-order valence-corrected chi connectivity index (χ2v) is 5.44. The standard InChI is InChI=1S/C15H14BrFN2O2/c16-12-6-3-10(17)8-14(12)19-15(21)13(18)7-9-1-4-11(20)5-2-9/h1-6,8,13,20H,7,18H2,(H,19,21)/t13-/m1/s1. The second-order valence-electron chi connectivity index (χ2n) is 4.59. The first kappa shape index (κ1) is 15.5. The van der Waals surface area contributed by atoms with Crippen LogP contribution in [0, 0.1) is 5.82 Å². The molecule has 0 bridgehead atoms. The van der Waals surface area contributed by atoms with Crippen LogP contribution in [0.5, 0.6) is 5.75 Å². The van der Waals surface area contributed by atoms with Gasteiger partial charge >= 0.3 is 0 Å². The van der Waals surface area contributed by atoms with E-state index in [0.29, 0.717) is 16.6 Å². The van der Waals surface area contributed by atoms with Crippen LogP contribution in [0.2, 0.25) is 0 Å². The number of phenolic OH excluding ortho intramolecular Hbond substituents is 1. The zero-order chi connectivity index (χ0) is 15.4. The molecule has 0 saturated heterocycles. The first-order valence-electron chi connectivity index (χ1n) is 6.25. The summed E-state index contributed by atoms with van der Waals surface area (Å²) in [6.45, 7) is 0. The summed E-state index contributed by atoms with van der Waals surface area (Å²) in [5.41, 5.74) is 7.00. The molecular weight excluding hydrogens is 339 g/mol. The van der Waals surface area contributed by atoms with Gasteiger partial charge in [-0.25, -0.2) is 4.39 Å². The third-order valence-corrected chi connectivity index (χ3v) is 3.61. The van der Waals surface area contributed by atoms with E-state index in [1.807, 2.05) is 0 Å². The van der Waals surface area contributed by atoms with Crippen molar-refractivity contribution in [3.63, 3.8) is 0 Å². The van der Waals surface area contributed by atoms with Gasteiger partial charge in [0.1, 0.15) is 11.6 Å². The van der Waals surface area contributed by atoms with E-state index in [9.17, 15) is 14.3 Å². The summed E-state index contributed by atoms with van der Waals surface area (Å²) in [5.74, 6) is -0.699. The number of carbonyl (C=O) groups is 1. The Labute approximate surface area is 129 Å². The van der Waals surface area contributed by atoms with E-state index in [4.69, 9.17) is 5.73 Å². The fourth-order valence-electron chi connectivity index (χ4n) is 1.80. The predicted molar refractivity (Wildman–Crippen MR) is 82.5 cm³/mol. The molecule has 4 N–H and O–H groups in total. The highest BCUT2D eigenvalue weighted by molar-refractivity contribution is 9.10. The zero-order valence-corrected chi connectivity index (χ0v) is 12.6. The largest absolute Gasteiger partial charge is 0.508 e. The summed E-state index contributed by atoms with van der Waals surface area (Å²) >= 11 is 3.23. The molecular formula is C15H14BrFN2O2. The van der Waals surface area contributed by atoms with Crippen LogP contribution in [0.3, 0.4) is 0 Å². The molecule has 2 aromatic carbocycles. The molecule has 110 valence electrons. The number of benzene rings is 2. The van der Waals surface area contributed by atoms with E-state index < -0.39 is 17.8 Å². The summed E-state index contributed by atoms with van der Waals surface area (Å²) in [6.07, 6.45) is 0.319. The van der Waals surface area contributed by atoms with Crippen molar-refractivity contribution in [3.8, 4) is 5.75 Å². The van der Waals surface area contributed by atoms with E-state index in [-0.39, 0.29) is 5.75 Å². The Bertz CT molecular complexity index is 647. The summed E-state index contributed by atoms with van der Waals surface area (Å²) in [6, 6.07) is 9.69. The summed E-state index contributed by atoms with van der Waals surface area (Å²) in [7, 11) is 0. The molecule has 1 amide bonds. The lowest BCUT2D eigenvalue weighted by Crippen LogP contribution is -2.37. The molecule has 0 saturated carbocycles. The fraction of sp³-hybridized carbons (Fsp3) is 0.133. The zero-order valence-electron chi connectivity index (χ0n) is 11.0. The Morgan fingerprint density at radius 1 is 1.29 bits per heavy atom. The summed E-state index contributed by atoms with van der Waals surface area (Å²) in [5, 5.41) is 11.8. The van der Waals surface area contributed by atoms with Gasteiger partial charge in [0.25, 0.3) is 0 Å². The van der Waals surface area contributed by atoms with Gasteiger partial charge in [-0.15, -0.1) is 0 Å². The van der Waals surface area contributed by atoms with E-state index >= 15 is 0 Å². The lowest BCUT2D eigenvalue weighted by molar-refractivity contribution is -0.117. The van der Waals surface area contributed by atoms with Crippen molar-refractivity contribution < 1.29 is 14.3 Å². The average Bonchev–Trinajstić information content (AvgIpc) is 2.45. The first-order chi connectivity index (χ1) is 9.95. The molecule has 0 aliphatic carbocycles. The Balaban J connectivity index is 2.02. The lowest BCUT2D eigenvalue weighted by Gasteiger charge is -2.13. The van der Waals surface area contributed by atoms with Gasteiger partial charge in [0.15, 0.2) is 0 Å². The topological polar surface area (TPSA) is 75.3 Å². The highest BCUT2D eigenvalue weighted by Gasteiger charge is 2.15. The van der Waals surface area contributed by atoms with E-state index in [2.05, 4.69) is 21.2 Å². The third-order valence-electron chi connectivity index (χ3n) is 2.92. The smallest absolute Gasteiger partial charge is 0.241 e. The number of halogens is 2. The number of nitrogens with two attached hydrogens (primary N) is 1. The Kier molecular flexibility index (Phi) is 4.93. The van der Waals surface area contributed by atoms with E-state index in [1.165, 1.54) is 30.3 Å². The molecule has 21 heavy (non-hydrogen) atoms. The Hall–Kier alpha value is -1.92. The normalized spacial score (nSPS) is 12.0. The molecule has 6 heteroatoms. The van der Waals surface area contributed by atoms with Crippen LogP contribution in [0.25, 0.3) is 0 Å². The van der Waals surface area contributed by atoms with Gasteiger partial charge in [0.05, 0.1) is 11.7 Å². The molecule has 2 rings (SSSR count). The number of carbonyl (C=O) groups excluding carboxylic acids is 1. The number of rotatable bonds is 4. The molecule has 0 heterocycles. The summed E-state index contributed by atoms with van der Waals surface area (Å²) in [4.78, 5) is 12.0. The molecule has 1 atom stereocenters. The number of aromatic hydroxyl groups is 1. The van der Waals surface area contributed by atoms with Gasteiger partial charge in [-0.3, -0.25) is 4.79 Å². The maximum atomic E-state index is 13.2. The molecule has 0 spiro atoms. The Morgan fingerprint density at radius 2 is 1.95 bits per heavy atom. The van der Waals surface area contributed by atoms with Crippen molar-refractivity contribution >= 4 is 27.5 Å². The molecule has 0 aromatic heterocycles. The van der Waals surface area contributed by atoms with Crippen molar-refractivity contribution in [2.75, 3.05) is 5.32 Å². The molecule has 4 nitrogen and oxygen atoms in total. The molecule has 0 unspecified atom stereocenters. The second kappa shape index (κ2) is 6.69. The molecule has 0 radical (unpaired) electrons. The monoisotopic (exact) mass is 352 g/mol. The van der Waals surface area contributed by atoms with Crippen LogP contribution in [-0.2, 0) is 11.2 Å². The number of anilines is 1. The summed E-state index contributed by atoms with van der Waals surface area (Å²) < 4.78 is 13.7. The number of hydrogen-bond donors (Lipinski definition) is 3. The average molecular weight is 353 g/mol. The van der Waals surface area contributed by atoms with Crippen molar-refractivity contribution in [2.24, 2.45) is 5.73 Å². The van der Waals surface area contributed by atoms with Gasteiger partial charge in [-0.05, 0) is 58.2 Å². The van der Waals surface area contributed by atoms with E-state index in [0.717, 1.165) is 5.56 Å². The van der Waals surface area contributed by atoms with Crippen LogP contribution < -0.4 is 11.1 Å². The van der Waals surface area contributed by atoms with Gasteiger partial charge in [-0.2, -0.15) is 0 Å². The van der Waals surface area contributed by atoms with Gasteiger partial charge in [-0.1, -0.05) is 12.1 Å². The van der Waals surface area contributed by atoms with Crippen molar-refractivity contribution in [1.29, 1.82) is 0 Å². The molecule has 0 aliphatic rings. The quantitative estimate of drug-likeness (QED) is 0.791. The fourth-order valence-corrected chi connectivity index (χ4v) is 2.14. The lowest BCUT2D eigenvalue weighted by atomic mass is 10.1. The molecule has 0 fully saturated rings. The number of amides is 1. The van der Waals surface area contributed by atoms with Crippen molar-refractivity contribution in [1.82, 2.24) is 0 Å². The van der Waals surface area contributed by atoms with Crippen molar-refractivity contribution in [3.05, 3.63) is 58.3 Å². The highest BCUT2D eigenvalue weighted by atomic mass is 79.9. The van der Waals surface area contributed by atoms with E-state index in [1.54, 1.807) is 12.1 Å². The predicted octanol–water partition coefficient (Wildman–Crippen LogP) is 2.80. The van der Waals surface area contributed by atoms with Crippen LogP contribution in [0.15, 0.2) is 46.9 Å². The SMILES string of the molecule is N[C@H](Cc1ccc(O)cc1)C(=O)Nc1cc(F)ccc1Br. The number of phenols is 1. The van der Waals surface area contributed by atoms with Gasteiger partial charge in [0, 0.05) is 4.47 Å². The first-order valence-corrected chi connectivity index (χ1v) is 7.04. The van der Waals surface area contributed by atoms with Crippen LogP contribution >= 0.6 is 15.9 Å². The van der Waals surface area contributed by atoms with Crippen LogP contribution in [0.1, 0.15) is 5.56 Å². The maximum absolute atomic E-state index is 13.2. The molecule has 0 aliphatic heterocycles. The number of nitrogens with one attached hydrogen (secondary N) is 1. The van der Waals surface area contributed by atoms with Crippen molar-refractivity contribution in [2.45, 2.75) is 12.5 Å². The maximum Gasteiger partial charge on any atom is 0.241 e. The number of hydrogen-bond acceptors (Lipinski definition) is 3.